The molecule has 0 bridgehead atoms. The first-order valence-corrected chi connectivity index (χ1v) is 8.21. The number of carbonyl (C=O) groups excluding carboxylic acids is 1. The van der Waals surface area contributed by atoms with Crippen molar-refractivity contribution < 1.29 is 9.53 Å². The molecule has 1 aromatic rings. The van der Waals surface area contributed by atoms with E-state index in [-0.39, 0.29) is 5.91 Å². The number of nitrogens with zero attached hydrogens (tertiary/aromatic N) is 1. The highest BCUT2D eigenvalue weighted by atomic mass is 35.5. The fourth-order valence-corrected chi connectivity index (χ4v) is 3.10. The van der Waals surface area contributed by atoms with Crippen molar-refractivity contribution in [2.75, 3.05) is 6.54 Å². The maximum absolute atomic E-state index is 12.6. The Kier molecular flexibility index (Phi) is 5.77. The molecule has 2 atom stereocenters. The summed E-state index contributed by atoms with van der Waals surface area (Å²) >= 11 is 12.1. The molecule has 0 N–H and O–H groups in total. The Hall–Kier alpha value is -0.930. The third-order valence-electron chi connectivity index (χ3n) is 3.95. The van der Waals surface area contributed by atoms with Gasteiger partial charge in [-0.15, -0.1) is 0 Å². The van der Waals surface area contributed by atoms with Crippen molar-refractivity contribution in [3.8, 4) is 5.75 Å². The van der Waals surface area contributed by atoms with E-state index in [4.69, 9.17) is 27.9 Å². The monoisotopic (exact) mass is 329 g/mol. The molecule has 1 heterocycles. The molecular weight excluding hydrogens is 309 g/mol. The van der Waals surface area contributed by atoms with E-state index in [2.05, 4.69) is 6.92 Å². The predicted octanol–water partition coefficient (Wildman–Crippen LogP) is 4.55. The number of piperidine rings is 1. The van der Waals surface area contributed by atoms with Gasteiger partial charge in [0.15, 0.2) is 6.10 Å². The van der Waals surface area contributed by atoms with E-state index in [9.17, 15) is 4.79 Å². The Bertz CT molecular complexity index is 507. The molecule has 116 valence electrons. The highest BCUT2D eigenvalue weighted by Crippen LogP contribution is 2.32. The number of likely N-dealkylation sites (tertiary alicyclic amines) is 1. The van der Waals surface area contributed by atoms with Gasteiger partial charge in [0.05, 0.1) is 5.02 Å². The lowest BCUT2D eigenvalue weighted by Crippen LogP contribution is -2.48. The molecule has 2 rings (SSSR count). The number of amides is 1. The molecule has 0 radical (unpaired) electrons. The summed E-state index contributed by atoms with van der Waals surface area (Å²) in [6.45, 7) is 4.70. The van der Waals surface area contributed by atoms with Gasteiger partial charge in [-0.3, -0.25) is 4.79 Å². The Morgan fingerprint density at radius 3 is 2.90 bits per heavy atom. The van der Waals surface area contributed by atoms with Gasteiger partial charge < -0.3 is 9.64 Å². The molecule has 5 heteroatoms. The summed E-state index contributed by atoms with van der Waals surface area (Å²) in [7, 11) is 0. The molecule has 0 spiro atoms. The summed E-state index contributed by atoms with van der Waals surface area (Å²) in [5.41, 5.74) is 0. The number of halogens is 2. The van der Waals surface area contributed by atoms with E-state index in [1.165, 1.54) is 6.42 Å². The molecule has 1 aromatic carbocycles. The quantitative estimate of drug-likeness (QED) is 0.810. The molecule has 1 saturated heterocycles. The zero-order valence-corrected chi connectivity index (χ0v) is 14.0. The highest BCUT2D eigenvalue weighted by Gasteiger charge is 2.29. The van der Waals surface area contributed by atoms with Crippen molar-refractivity contribution in [1.29, 1.82) is 0 Å². The Morgan fingerprint density at radius 2 is 2.19 bits per heavy atom. The van der Waals surface area contributed by atoms with Crippen LogP contribution in [-0.4, -0.2) is 29.5 Å². The zero-order chi connectivity index (χ0) is 15.4. The van der Waals surface area contributed by atoms with Gasteiger partial charge in [-0.1, -0.05) is 36.2 Å². The maximum atomic E-state index is 12.6. The second kappa shape index (κ2) is 7.37. The number of ether oxygens (including phenoxy) is 1. The third kappa shape index (κ3) is 3.83. The third-order valence-corrected chi connectivity index (χ3v) is 4.75. The minimum Gasteiger partial charge on any atom is -0.479 e. The molecule has 3 nitrogen and oxygen atoms in total. The van der Waals surface area contributed by atoms with Crippen LogP contribution in [0.1, 0.15) is 39.5 Å². The molecule has 1 fully saturated rings. The van der Waals surface area contributed by atoms with Crippen LogP contribution in [0.25, 0.3) is 0 Å². The fourth-order valence-electron chi connectivity index (χ4n) is 2.76. The van der Waals surface area contributed by atoms with Crippen molar-refractivity contribution >= 4 is 29.1 Å². The van der Waals surface area contributed by atoms with Gasteiger partial charge in [0.1, 0.15) is 10.8 Å². The summed E-state index contributed by atoms with van der Waals surface area (Å²) in [5, 5.41) is 0.780. The van der Waals surface area contributed by atoms with Gasteiger partial charge in [0.2, 0.25) is 0 Å². The smallest absolute Gasteiger partial charge is 0.263 e. The SMILES string of the molecule is CCC1CCCCN1C(=O)C(C)Oc1cccc(Cl)c1Cl. The first kappa shape index (κ1) is 16.4. The van der Waals surface area contributed by atoms with Crippen LogP contribution < -0.4 is 4.74 Å². The minimum absolute atomic E-state index is 0.0255. The van der Waals surface area contributed by atoms with E-state index in [0.29, 0.717) is 21.8 Å². The lowest BCUT2D eigenvalue weighted by atomic mass is 9.99. The number of benzene rings is 1. The minimum atomic E-state index is -0.562. The van der Waals surface area contributed by atoms with Gasteiger partial charge >= 0.3 is 0 Å². The largest absolute Gasteiger partial charge is 0.479 e. The van der Waals surface area contributed by atoms with Crippen LogP contribution in [-0.2, 0) is 4.79 Å². The van der Waals surface area contributed by atoms with Crippen molar-refractivity contribution in [3.63, 3.8) is 0 Å². The molecule has 0 saturated carbocycles. The van der Waals surface area contributed by atoms with Crippen molar-refractivity contribution in [2.45, 2.75) is 51.7 Å². The van der Waals surface area contributed by atoms with Gasteiger partial charge in [0, 0.05) is 12.6 Å². The molecule has 21 heavy (non-hydrogen) atoms. The van der Waals surface area contributed by atoms with Crippen LogP contribution in [0.4, 0.5) is 0 Å². The normalized spacial score (nSPS) is 20.2. The molecule has 1 aliphatic heterocycles. The number of hydrogen-bond acceptors (Lipinski definition) is 2. The van der Waals surface area contributed by atoms with Crippen molar-refractivity contribution in [1.82, 2.24) is 4.90 Å². The van der Waals surface area contributed by atoms with Crippen LogP contribution in [0.5, 0.6) is 5.75 Å². The highest BCUT2D eigenvalue weighted by molar-refractivity contribution is 6.42. The first-order chi connectivity index (χ1) is 10.0. The summed E-state index contributed by atoms with van der Waals surface area (Å²) < 4.78 is 5.73. The average Bonchev–Trinajstić information content (AvgIpc) is 2.51. The molecule has 1 aliphatic rings. The average molecular weight is 330 g/mol. The molecular formula is C16H21Cl2NO2. The predicted molar refractivity (Wildman–Crippen MR) is 86.2 cm³/mol. The van der Waals surface area contributed by atoms with Crippen LogP contribution in [0.2, 0.25) is 10.0 Å². The van der Waals surface area contributed by atoms with Crippen LogP contribution >= 0.6 is 23.2 Å². The lowest BCUT2D eigenvalue weighted by molar-refractivity contribution is -0.141. The van der Waals surface area contributed by atoms with E-state index < -0.39 is 6.10 Å². The molecule has 1 amide bonds. The van der Waals surface area contributed by atoms with Crippen LogP contribution in [0, 0.1) is 0 Å². The van der Waals surface area contributed by atoms with E-state index in [0.717, 1.165) is 25.8 Å². The molecule has 2 unspecified atom stereocenters. The first-order valence-electron chi connectivity index (χ1n) is 7.45. The van der Waals surface area contributed by atoms with E-state index in [1.54, 1.807) is 25.1 Å². The summed E-state index contributed by atoms with van der Waals surface area (Å²) in [6.07, 6.45) is 3.75. The molecule has 0 aliphatic carbocycles. The summed E-state index contributed by atoms with van der Waals surface area (Å²) in [6, 6.07) is 5.51. The standard InChI is InChI=1S/C16H21Cl2NO2/c1-3-12-7-4-5-10-19(12)16(20)11(2)21-14-9-6-8-13(17)15(14)18/h6,8-9,11-12H,3-5,7,10H2,1-2H3. The van der Waals surface area contributed by atoms with E-state index >= 15 is 0 Å². The van der Waals surface area contributed by atoms with E-state index in [1.807, 2.05) is 4.90 Å². The Labute approximate surface area is 136 Å². The topological polar surface area (TPSA) is 29.5 Å². The van der Waals surface area contributed by atoms with Crippen LogP contribution in [0.15, 0.2) is 18.2 Å². The van der Waals surface area contributed by atoms with Crippen molar-refractivity contribution in [3.05, 3.63) is 28.2 Å². The Morgan fingerprint density at radius 1 is 1.43 bits per heavy atom. The fraction of sp³-hybridized carbons (Fsp3) is 0.562. The van der Waals surface area contributed by atoms with Crippen LogP contribution in [0.3, 0.4) is 0 Å². The number of hydrogen-bond donors (Lipinski definition) is 0. The maximum Gasteiger partial charge on any atom is 0.263 e. The van der Waals surface area contributed by atoms with Gasteiger partial charge in [-0.05, 0) is 44.7 Å². The summed E-state index contributed by atoms with van der Waals surface area (Å²) in [4.78, 5) is 14.5. The van der Waals surface area contributed by atoms with Gasteiger partial charge in [-0.25, -0.2) is 0 Å². The number of rotatable bonds is 4. The zero-order valence-electron chi connectivity index (χ0n) is 12.4. The van der Waals surface area contributed by atoms with Gasteiger partial charge in [-0.2, -0.15) is 0 Å². The van der Waals surface area contributed by atoms with Gasteiger partial charge in [0.25, 0.3) is 5.91 Å². The number of carbonyl (C=O) groups is 1. The lowest BCUT2D eigenvalue weighted by Gasteiger charge is -2.36. The van der Waals surface area contributed by atoms with Crippen molar-refractivity contribution in [2.24, 2.45) is 0 Å². The summed E-state index contributed by atoms with van der Waals surface area (Å²) in [5.74, 6) is 0.479. The molecule has 0 aromatic heterocycles. The second-order valence-electron chi connectivity index (χ2n) is 5.40. The Balaban J connectivity index is 2.06. The second-order valence-corrected chi connectivity index (χ2v) is 6.19.